The number of benzene rings is 9. The first-order valence-electron chi connectivity index (χ1n) is 19.8. The quantitative estimate of drug-likeness (QED) is 0.161. The molecule has 10 aromatic rings. The van der Waals surface area contributed by atoms with Gasteiger partial charge in [0.15, 0.2) is 0 Å². The smallest absolute Gasteiger partial charge is 0.0713 e. The Kier molecular flexibility index (Phi) is 7.69. The highest BCUT2D eigenvalue weighted by Gasteiger charge is 2.46. The first kappa shape index (κ1) is 33.1. The first-order chi connectivity index (χ1) is 28.2. The van der Waals surface area contributed by atoms with Crippen LogP contribution in [0.5, 0.6) is 0 Å². The SMILES string of the molecule is Cc1ccccc1-c1cccc(-c2ccc3c4ccccc4n(-c4ccc(-c5cccc6c5-c5ccccc5C6(c5ccccc5)c5ccccc5)cc4)c3c2)c1. The van der Waals surface area contributed by atoms with E-state index in [9.17, 15) is 0 Å². The van der Waals surface area contributed by atoms with Gasteiger partial charge in [-0.05, 0) is 110 Å². The summed E-state index contributed by atoms with van der Waals surface area (Å²) in [6, 6.07) is 80.5. The molecular formula is C56H39N. The van der Waals surface area contributed by atoms with Crippen LogP contribution in [-0.4, -0.2) is 4.57 Å². The normalized spacial score (nSPS) is 12.8. The summed E-state index contributed by atoms with van der Waals surface area (Å²) in [6.07, 6.45) is 0. The molecule has 11 rings (SSSR count). The number of nitrogens with zero attached hydrogens (tertiary/aromatic N) is 1. The van der Waals surface area contributed by atoms with Crippen LogP contribution in [0.4, 0.5) is 0 Å². The lowest BCUT2D eigenvalue weighted by Crippen LogP contribution is -2.28. The summed E-state index contributed by atoms with van der Waals surface area (Å²) in [5, 5.41) is 2.51. The molecular weight excluding hydrogens is 687 g/mol. The van der Waals surface area contributed by atoms with E-state index in [1.54, 1.807) is 0 Å². The molecule has 0 radical (unpaired) electrons. The van der Waals surface area contributed by atoms with Crippen molar-refractivity contribution < 1.29 is 0 Å². The van der Waals surface area contributed by atoms with Gasteiger partial charge in [-0.2, -0.15) is 0 Å². The molecule has 0 saturated heterocycles. The van der Waals surface area contributed by atoms with E-state index < -0.39 is 5.41 Å². The van der Waals surface area contributed by atoms with Gasteiger partial charge >= 0.3 is 0 Å². The predicted octanol–water partition coefficient (Wildman–Crippen LogP) is 14.5. The molecule has 0 fully saturated rings. The van der Waals surface area contributed by atoms with Crippen molar-refractivity contribution in [1.29, 1.82) is 0 Å². The number of rotatable bonds is 6. The lowest BCUT2D eigenvalue weighted by molar-refractivity contribution is 0.768. The Bertz CT molecular complexity index is 3070. The van der Waals surface area contributed by atoms with E-state index in [1.807, 2.05) is 0 Å². The van der Waals surface area contributed by atoms with Gasteiger partial charge in [-0.1, -0.05) is 188 Å². The number of hydrogen-bond acceptors (Lipinski definition) is 0. The molecule has 0 atom stereocenters. The third kappa shape index (κ3) is 5.09. The van der Waals surface area contributed by atoms with Crippen molar-refractivity contribution in [1.82, 2.24) is 4.57 Å². The van der Waals surface area contributed by atoms with Gasteiger partial charge in [0, 0.05) is 16.5 Å². The number of para-hydroxylation sites is 1. The Labute approximate surface area is 333 Å². The van der Waals surface area contributed by atoms with Crippen molar-refractivity contribution in [3.05, 3.63) is 246 Å². The molecule has 0 N–H and O–H groups in total. The number of aromatic nitrogens is 1. The molecule has 1 heterocycles. The van der Waals surface area contributed by atoms with Crippen LogP contribution in [0.2, 0.25) is 0 Å². The molecule has 1 aromatic heterocycles. The lowest BCUT2D eigenvalue weighted by Gasteiger charge is -2.34. The Morgan fingerprint density at radius 2 is 0.912 bits per heavy atom. The molecule has 1 aliphatic rings. The summed E-state index contributed by atoms with van der Waals surface area (Å²) in [7, 11) is 0. The van der Waals surface area contributed by atoms with Gasteiger partial charge in [-0.15, -0.1) is 0 Å². The van der Waals surface area contributed by atoms with Crippen LogP contribution in [0.1, 0.15) is 27.8 Å². The molecule has 57 heavy (non-hydrogen) atoms. The monoisotopic (exact) mass is 725 g/mol. The van der Waals surface area contributed by atoms with Crippen LogP contribution in [0.15, 0.2) is 218 Å². The van der Waals surface area contributed by atoms with Crippen molar-refractivity contribution in [2.24, 2.45) is 0 Å². The maximum Gasteiger partial charge on any atom is 0.0713 e. The predicted molar refractivity (Wildman–Crippen MR) is 239 cm³/mol. The van der Waals surface area contributed by atoms with Crippen LogP contribution in [0.25, 0.3) is 72.0 Å². The second kappa shape index (κ2) is 13.2. The Hall–Kier alpha value is -7.22. The van der Waals surface area contributed by atoms with Crippen LogP contribution in [-0.2, 0) is 5.41 Å². The van der Waals surface area contributed by atoms with Crippen molar-refractivity contribution in [3.8, 4) is 50.2 Å². The molecule has 9 aromatic carbocycles. The van der Waals surface area contributed by atoms with Crippen molar-refractivity contribution in [2.45, 2.75) is 12.3 Å². The van der Waals surface area contributed by atoms with E-state index in [0.717, 1.165) is 5.69 Å². The highest BCUT2D eigenvalue weighted by Crippen LogP contribution is 2.58. The van der Waals surface area contributed by atoms with Crippen LogP contribution >= 0.6 is 0 Å². The number of hydrogen-bond donors (Lipinski definition) is 0. The molecule has 1 heteroatoms. The topological polar surface area (TPSA) is 4.93 Å². The van der Waals surface area contributed by atoms with E-state index >= 15 is 0 Å². The zero-order valence-corrected chi connectivity index (χ0v) is 31.7. The molecule has 0 saturated carbocycles. The minimum atomic E-state index is -0.426. The van der Waals surface area contributed by atoms with Gasteiger partial charge < -0.3 is 4.57 Å². The third-order valence-corrected chi connectivity index (χ3v) is 12.2. The van der Waals surface area contributed by atoms with E-state index in [2.05, 4.69) is 230 Å². The highest BCUT2D eigenvalue weighted by atomic mass is 15.0. The van der Waals surface area contributed by atoms with Crippen LogP contribution in [0.3, 0.4) is 0 Å². The zero-order chi connectivity index (χ0) is 37.9. The number of fused-ring (bicyclic) bond motifs is 6. The fourth-order valence-corrected chi connectivity index (χ4v) is 9.72. The summed E-state index contributed by atoms with van der Waals surface area (Å²) >= 11 is 0. The summed E-state index contributed by atoms with van der Waals surface area (Å²) in [6.45, 7) is 2.18. The van der Waals surface area contributed by atoms with Gasteiger partial charge in [-0.3, -0.25) is 0 Å². The molecule has 0 amide bonds. The fourth-order valence-electron chi connectivity index (χ4n) is 9.72. The third-order valence-electron chi connectivity index (χ3n) is 12.2. The molecule has 268 valence electrons. The average molecular weight is 726 g/mol. The summed E-state index contributed by atoms with van der Waals surface area (Å²) in [4.78, 5) is 0. The molecule has 0 bridgehead atoms. The minimum absolute atomic E-state index is 0.426. The van der Waals surface area contributed by atoms with Crippen molar-refractivity contribution in [2.75, 3.05) is 0 Å². The second-order valence-electron chi connectivity index (χ2n) is 15.3. The van der Waals surface area contributed by atoms with E-state index in [0.29, 0.717) is 0 Å². The molecule has 0 spiro atoms. The number of aryl methyl sites for hydroxylation is 1. The van der Waals surface area contributed by atoms with E-state index in [1.165, 1.54) is 94.1 Å². The molecule has 1 aliphatic carbocycles. The van der Waals surface area contributed by atoms with Crippen LogP contribution in [0, 0.1) is 6.92 Å². The highest BCUT2D eigenvalue weighted by molar-refractivity contribution is 6.10. The Morgan fingerprint density at radius 3 is 1.68 bits per heavy atom. The fraction of sp³-hybridized carbons (Fsp3) is 0.0357. The van der Waals surface area contributed by atoms with Gasteiger partial charge in [0.25, 0.3) is 0 Å². The van der Waals surface area contributed by atoms with E-state index in [4.69, 9.17) is 0 Å². The first-order valence-corrected chi connectivity index (χ1v) is 19.8. The standard InChI is InChI=1S/C56H39N/c1-38-16-8-9-23-46(38)42-18-14-17-40(36-42)41-32-35-49-48-24-11-13-29-53(48)57(54(49)37-41)45-33-30-39(31-34-45)47-26-15-28-52-55(47)50-25-10-12-27-51(50)56(52,43-19-4-2-5-20-43)44-21-6-3-7-22-44/h2-37H,1H3. The molecule has 0 aliphatic heterocycles. The average Bonchev–Trinajstić information content (AvgIpc) is 3.78. The van der Waals surface area contributed by atoms with Crippen molar-refractivity contribution in [3.63, 3.8) is 0 Å². The minimum Gasteiger partial charge on any atom is -0.309 e. The van der Waals surface area contributed by atoms with Crippen molar-refractivity contribution >= 4 is 21.8 Å². The van der Waals surface area contributed by atoms with Gasteiger partial charge in [-0.25, -0.2) is 0 Å². The zero-order valence-electron chi connectivity index (χ0n) is 31.7. The summed E-state index contributed by atoms with van der Waals surface area (Å²) in [5.74, 6) is 0. The maximum absolute atomic E-state index is 2.43. The second-order valence-corrected chi connectivity index (χ2v) is 15.3. The Balaban J connectivity index is 1.06. The molecule has 0 unspecified atom stereocenters. The van der Waals surface area contributed by atoms with Crippen LogP contribution < -0.4 is 0 Å². The van der Waals surface area contributed by atoms with Gasteiger partial charge in [0.1, 0.15) is 0 Å². The van der Waals surface area contributed by atoms with E-state index in [-0.39, 0.29) is 0 Å². The summed E-state index contributed by atoms with van der Waals surface area (Å²) < 4.78 is 2.43. The Morgan fingerprint density at radius 1 is 0.351 bits per heavy atom. The largest absolute Gasteiger partial charge is 0.309 e. The maximum atomic E-state index is 2.43. The lowest BCUT2D eigenvalue weighted by atomic mass is 9.67. The van der Waals surface area contributed by atoms with Gasteiger partial charge in [0.2, 0.25) is 0 Å². The summed E-state index contributed by atoms with van der Waals surface area (Å²) in [5.41, 5.74) is 19.6. The van der Waals surface area contributed by atoms with Gasteiger partial charge in [0.05, 0.1) is 16.4 Å². The molecule has 1 nitrogen and oxygen atoms in total.